The Morgan fingerprint density at radius 1 is 1.20 bits per heavy atom. The Bertz CT molecular complexity index is 1160. The first-order valence-electron chi connectivity index (χ1n) is 9.76. The smallest absolute Gasteiger partial charge is 0.337 e. The molecule has 0 spiro atoms. The summed E-state index contributed by atoms with van der Waals surface area (Å²) in [5.74, 6) is 0.158. The van der Waals surface area contributed by atoms with Crippen molar-refractivity contribution in [2.75, 3.05) is 13.7 Å². The van der Waals surface area contributed by atoms with Crippen molar-refractivity contribution in [2.24, 2.45) is 0 Å². The van der Waals surface area contributed by atoms with Crippen LogP contribution in [0.3, 0.4) is 0 Å². The van der Waals surface area contributed by atoms with E-state index in [4.69, 9.17) is 9.47 Å². The Balaban J connectivity index is 2.13. The standard InChI is InChI=1S/C23H24N2O5/c1-4-7-17-18(12-10-15-8-6-9-19(30-5-2)21(15)29-3)24-20-13-11-16(23(27)28)14-25(20)22(17)26/h6,8-14H,4-5,7H2,1-3H3,(H,27,28)/b12-10+. The normalized spacial score (nSPS) is 11.2. The molecule has 0 amide bonds. The average Bonchev–Trinajstić information content (AvgIpc) is 2.74. The van der Waals surface area contributed by atoms with Gasteiger partial charge in [0.05, 0.1) is 25.0 Å². The van der Waals surface area contributed by atoms with E-state index in [0.29, 0.717) is 41.4 Å². The van der Waals surface area contributed by atoms with Gasteiger partial charge in [-0.05, 0) is 43.7 Å². The summed E-state index contributed by atoms with van der Waals surface area (Å²) in [5.41, 5.74) is 2.05. The molecular formula is C23H24N2O5. The third kappa shape index (κ3) is 4.20. The zero-order chi connectivity index (χ0) is 21.7. The van der Waals surface area contributed by atoms with Gasteiger partial charge in [-0.2, -0.15) is 0 Å². The van der Waals surface area contributed by atoms with E-state index in [1.165, 1.54) is 22.7 Å². The molecule has 1 N–H and O–H groups in total. The SMILES string of the molecule is CCCc1c(/C=C/c2cccc(OCC)c2OC)nc2ccc(C(=O)O)cn2c1=O. The fourth-order valence-electron chi connectivity index (χ4n) is 3.26. The molecule has 0 radical (unpaired) electrons. The number of aromatic nitrogens is 2. The van der Waals surface area contributed by atoms with E-state index in [1.54, 1.807) is 13.2 Å². The molecule has 0 bridgehead atoms. The quantitative estimate of drug-likeness (QED) is 0.608. The molecule has 0 unspecified atom stereocenters. The minimum absolute atomic E-state index is 0.0367. The molecule has 0 aliphatic heterocycles. The highest BCUT2D eigenvalue weighted by molar-refractivity contribution is 5.87. The molecule has 0 aliphatic carbocycles. The van der Waals surface area contributed by atoms with Crippen LogP contribution in [-0.4, -0.2) is 34.2 Å². The number of nitrogens with zero attached hydrogens (tertiary/aromatic N) is 2. The molecule has 2 heterocycles. The van der Waals surface area contributed by atoms with Gasteiger partial charge in [0.1, 0.15) is 5.65 Å². The van der Waals surface area contributed by atoms with Crippen molar-refractivity contribution < 1.29 is 19.4 Å². The second-order valence-electron chi connectivity index (χ2n) is 6.63. The largest absolute Gasteiger partial charge is 0.492 e. The molecular weight excluding hydrogens is 384 g/mol. The summed E-state index contributed by atoms with van der Waals surface area (Å²) in [5, 5.41) is 9.21. The summed E-state index contributed by atoms with van der Waals surface area (Å²) in [6.07, 6.45) is 6.22. The Morgan fingerprint density at radius 3 is 2.67 bits per heavy atom. The first kappa shape index (κ1) is 21.1. The van der Waals surface area contributed by atoms with Crippen molar-refractivity contribution in [3.8, 4) is 11.5 Å². The molecule has 3 rings (SSSR count). The maximum absolute atomic E-state index is 13.0. The summed E-state index contributed by atoms with van der Waals surface area (Å²) >= 11 is 0. The van der Waals surface area contributed by atoms with Crippen molar-refractivity contribution in [1.82, 2.24) is 9.38 Å². The molecule has 0 aliphatic rings. The summed E-state index contributed by atoms with van der Waals surface area (Å²) in [6.45, 7) is 4.40. The number of aromatic carboxylic acids is 1. The highest BCUT2D eigenvalue weighted by atomic mass is 16.5. The van der Waals surface area contributed by atoms with Crippen molar-refractivity contribution in [1.29, 1.82) is 0 Å². The van der Waals surface area contributed by atoms with Crippen LogP contribution >= 0.6 is 0 Å². The van der Waals surface area contributed by atoms with E-state index in [-0.39, 0.29) is 11.1 Å². The van der Waals surface area contributed by atoms with Crippen LogP contribution in [0, 0.1) is 0 Å². The lowest BCUT2D eigenvalue weighted by molar-refractivity contribution is 0.0696. The van der Waals surface area contributed by atoms with Crippen LogP contribution in [-0.2, 0) is 6.42 Å². The summed E-state index contributed by atoms with van der Waals surface area (Å²) in [4.78, 5) is 28.9. The summed E-state index contributed by atoms with van der Waals surface area (Å²) in [7, 11) is 1.58. The highest BCUT2D eigenvalue weighted by Crippen LogP contribution is 2.32. The number of carboxylic acids is 1. The number of fused-ring (bicyclic) bond motifs is 1. The molecule has 1 aromatic carbocycles. The van der Waals surface area contributed by atoms with E-state index >= 15 is 0 Å². The van der Waals surface area contributed by atoms with Crippen LogP contribution < -0.4 is 15.0 Å². The van der Waals surface area contributed by atoms with Gasteiger partial charge in [-0.1, -0.05) is 25.5 Å². The minimum Gasteiger partial charge on any atom is -0.492 e. The molecule has 0 saturated carbocycles. The first-order chi connectivity index (χ1) is 14.5. The van der Waals surface area contributed by atoms with Gasteiger partial charge < -0.3 is 14.6 Å². The first-order valence-corrected chi connectivity index (χ1v) is 9.76. The molecule has 0 atom stereocenters. The van der Waals surface area contributed by atoms with Gasteiger partial charge in [0.15, 0.2) is 11.5 Å². The van der Waals surface area contributed by atoms with Gasteiger partial charge >= 0.3 is 5.97 Å². The maximum Gasteiger partial charge on any atom is 0.337 e. The van der Waals surface area contributed by atoms with Gasteiger partial charge in [0.2, 0.25) is 0 Å². The van der Waals surface area contributed by atoms with Crippen LogP contribution in [0.2, 0.25) is 0 Å². The van der Waals surface area contributed by atoms with Crippen LogP contribution in [0.15, 0.2) is 41.3 Å². The Labute approximate surface area is 174 Å². The van der Waals surface area contributed by atoms with Crippen molar-refractivity contribution in [3.63, 3.8) is 0 Å². The number of carbonyl (C=O) groups is 1. The third-order valence-corrected chi connectivity index (χ3v) is 4.63. The van der Waals surface area contributed by atoms with Gasteiger partial charge in [-0.3, -0.25) is 9.20 Å². The van der Waals surface area contributed by atoms with Crippen LogP contribution in [0.1, 0.15) is 47.4 Å². The molecule has 2 aromatic heterocycles. The third-order valence-electron chi connectivity index (χ3n) is 4.63. The predicted octanol–water partition coefficient (Wildman–Crippen LogP) is 3.92. The number of carboxylic acid groups (broad SMARTS) is 1. The number of hydrogen-bond donors (Lipinski definition) is 1. The lowest BCUT2D eigenvalue weighted by atomic mass is 10.1. The van der Waals surface area contributed by atoms with Crippen LogP contribution in [0.25, 0.3) is 17.8 Å². The van der Waals surface area contributed by atoms with Gasteiger partial charge in [0.25, 0.3) is 5.56 Å². The molecule has 0 saturated heterocycles. The van der Waals surface area contributed by atoms with E-state index in [2.05, 4.69) is 4.98 Å². The zero-order valence-corrected chi connectivity index (χ0v) is 17.2. The predicted molar refractivity (Wildman–Crippen MR) is 116 cm³/mol. The summed E-state index contributed by atoms with van der Waals surface area (Å²) < 4.78 is 12.4. The van der Waals surface area contributed by atoms with Gasteiger partial charge in [0, 0.05) is 17.3 Å². The second kappa shape index (κ2) is 9.26. The lowest BCUT2D eigenvalue weighted by Crippen LogP contribution is -2.22. The number of para-hydroxylation sites is 1. The Kier molecular flexibility index (Phi) is 6.51. The fraction of sp³-hybridized carbons (Fsp3) is 0.261. The number of rotatable bonds is 8. The topological polar surface area (TPSA) is 90.1 Å². The number of pyridine rings is 1. The monoisotopic (exact) mass is 408 g/mol. The lowest BCUT2D eigenvalue weighted by Gasteiger charge is -2.12. The van der Waals surface area contributed by atoms with Crippen molar-refractivity contribution >= 4 is 23.8 Å². The average molecular weight is 408 g/mol. The van der Waals surface area contributed by atoms with Gasteiger partial charge in [-0.15, -0.1) is 0 Å². The van der Waals surface area contributed by atoms with E-state index in [0.717, 1.165) is 12.0 Å². The Hall–Kier alpha value is -3.61. The number of methoxy groups -OCH3 is 1. The number of ether oxygens (including phenoxy) is 2. The molecule has 7 heteroatoms. The Morgan fingerprint density at radius 2 is 2.00 bits per heavy atom. The molecule has 0 fully saturated rings. The number of benzene rings is 1. The van der Waals surface area contributed by atoms with Crippen LogP contribution in [0.4, 0.5) is 0 Å². The molecule has 3 aromatic rings. The van der Waals surface area contributed by atoms with E-state index in [1.807, 2.05) is 38.1 Å². The second-order valence-corrected chi connectivity index (χ2v) is 6.63. The van der Waals surface area contributed by atoms with E-state index in [9.17, 15) is 14.7 Å². The zero-order valence-electron chi connectivity index (χ0n) is 17.2. The molecule has 7 nitrogen and oxygen atoms in total. The number of hydrogen-bond acceptors (Lipinski definition) is 5. The molecule has 156 valence electrons. The highest BCUT2D eigenvalue weighted by Gasteiger charge is 2.13. The molecule has 30 heavy (non-hydrogen) atoms. The summed E-state index contributed by atoms with van der Waals surface area (Å²) in [6, 6.07) is 8.57. The van der Waals surface area contributed by atoms with Gasteiger partial charge in [-0.25, -0.2) is 9.78 Å². The maximum atomic E-state index is 13.0. The van der Waals surface area contributed by atoms with Crippen LogP contribution in [0.5, 0.6) is 11.5 Å². The minimum atomic E-state index is -1.09. The van der Waals surface area contributed by atoms with Crippen molar-refractivity contribution in [3.05, 3.63) is 69.3 Å². The fourth-order valence-corrected chi connectivity index (χ4v) is 3.26. The van der Waals surface area contributed by atoms with E-state index < -0.39 is 5.97 Å². The van der Waals surface area contributed by atoms with Crippen molar-refractivity contribution in [2.45, 2.75) is 26.7 Å².